The molecule has 0 spiro atoms. The summed E-state index contributed by atoms with van der Waals surface area (Å²) in [6, 6.07) is 12.9. The monoisotopic (exact) mass is 377 g/mol. The molecule has 0 saturated carbocycles. The maximum absolute atomic E-state index is 13.2. The molecule has 6 heteroatoms. The second-order valence-corrected chi connectivity index (χ2v) is 6.35. The SMILES string of the molecule is C=CCN(Cc1ccccc1OCC)C(=O)c1cnc2cccc(C)n2c1=O. The van der Waals surface area contributed by atoms with Crippen LogP contribution >= 0.6 is 0 Å². The molecule has 144 valence electrons. The van der Waals surface area contributed by atoms with Crippen LogP contribution in [0.4, 0.5) is 0 Å². The Labute approximate surface area is 163 Å². The van der Waals surface area contributed by atoms with Gasteiger partial charge in [0.25, 0.3) is 11.5 Å². The topological polar surface area (TPSA) is 63.9 Å². The maximum Gasteiger partial charge on any atom is 0.270 e. The third-order valence-electron chi connectivity index (χ3n) is 4.42. The van der Waals surface area contributed by atoms with Gasteiger partial charge < -0.3 is 9.64 Å². The van der Waals surface area contributed by atoms with Crippen molar-refractivity contribution < 1.29 is 9.53 Å². The van der Waals surface area contributed by atoms with Crippen molar-refractivity contribution >= 4 is 11.6 Å². The summed E-state index contributed by atoms with van der Waals surface area (Å²) in [7, 11) is 0. The van der Waals surface area contributed by atoms with Gasteiger partial charge in [-0.3, -0.25) is 14.0 Å². The fourth-order valence-corrected chi connectivity index (χ4v) is 3.10. The van der Waals surface area contributed by atoms with Crippen molar-refractivity contribution in [3.05, 3.63) is 88.5 Å². The number of fused-ring (bicyclic) bond motifs is 1. The molecule has 0 atom stereocenters. The third-order valence-corrected chi connectivity index (χ3v) is 4.42. The molecule has 28 heavy (non-hydrogen) atoms. The Hall–Kier alpha value is -3.41. The Morgan fingerprint density at radius 1 is 1.25 bits per heavy atom. The molecule has 0 aliphatic carbocycles. The molecule has 0 aliphatic rings. The molecule has 1 aromatic carbocycles. The van der Waals surface area contributed by atoms with Crippen LogP contribution in [0.1, 0.15) is 28.5 Å². The lowest BCUT2D eigenvalue weighted by atomic mass is 10.1. The molecule has 0 fully saturated rings. The molecule has 2 heterocycles. The number of rotatable bonds is 7. The van der Waals surface area contributed by atoms with Crippen molar-refractivity contribution in [3.63, 3.8) is 0 Å². The van der Waals surface area contributed by atoms with Crippen LogP contribution < -0.4 is 10.3 Å². The third kappa shape index (κ3) is 3.81. The minimum Gasteiger partial charge on any atom is -0.494 e. The molecule has 0 N–H and O–H groups in total. The molecule has 2 aromatic heterocycles. The Morgan fingerprint density at radius 2 is 2.04 bits per heavy atom. The van der Waals surface area contributed by atoms with Crippen LogP contribution in [0.25, 0.3) is 5.65 Å². The van der Waals surface area contributed by atoms with Crippen LogP contribution in [0, 0.1) is 6.92 Å². The molecular weight excluding hydrogens is 354 g/mol. The van der Waals surface area contributed by atoms with Gasteiger partial charge in [0.2, 0.25) is 0 Å². The van der Waals surface area contributed by atoms with E-state index in [-0.39, 0.29) is 17.0 Å². The van der Waals surface area contributed by atoms with E-state index in [0.717, 1.165) is 17.0 Å². The van der Waals surface area contributed by atoms with Gasteiger partial charge in [-0.05, 0) is 32.0 Å². The summed E-state index contributed by atoms with van der Waals surface area (Å²) in [6.07, 6.45) is 2.99. The van der Waals surface area contributed by atoms with Crippen molar-refractivity contribution in [2.24, 2.45) is 0 Å². The summed E-state index contributed by atoms with van der Waals surface area (Å²) in [5.74, 6) is 0.331. The van der Waals surface area contributed by atoms with E-state index >= 15 is 0 Å². The molecule has 3 aromatic rings. The van der Waals surface area contributed by atoms with Gasteiger partial charge in [-0.15, -0.1) is 6.58 Å². The summed E-state index contributed by atoms with van der Waals surface area (Å²) in [6.45, 7) is 8.59. The number of hydrogen-bond donors (Lipinski definition) is 0. The van der Waals surface area contributed by atoms with E-state index in [4.69, 9.17) is 4.74 Å². The van der Waals surface area contributed by atoms with Gasteiger partial charge in [-0.25, -0.2) is 4.98 Å². The largest absolute Gasteiger partial charge is 0.494 e. The van der Waals surface area contributed by atoms with Crippen LogP contribution in [-0.4, -0.2) is 33.3 Å². The Kier molecular flexibility index (Phi) is 5.89. The predicted octanol–water partition coefficient (Wildman–Crippen LogP) is 3.23. The van der Waals surface area contributed by atoms with E-state index in [0.29, 0.717) is 25.3 Å². The summed E-state index contributed by atoms with van der Waals surface area (Å²) < 4.78 is 7.11. The number of benzene rings is 1. The van der Waals surface area contributed by atoms with Crippen molar-refractivity contribution in [2.75, 3.05) is 13.2 Å². The highest BCUT2D eigenvalue weighted by atomic mass is 16.5. The van der Waals surface area contributed by atoms with Gasteiger partial charge in [0.1, 0.15) is 17.0 Å². The first-order valence-corrected chi connectivity index (χ1v) is 9.15. The smallest absolute Gasteiger partial charge is 0.270 e. The first kappa shape index (κ1) is 19.4. The molecule has 6 nitrogen and oxygen atoms in total. The molecule has 1 amide bonds. The van der Waals surface area contributed by atoms with Crippen molar-refractivity contribution in [2.45, 2.75) is 20.4 Å². The number of para-hydroxylation sites is 1. The van der Waals surface area contributed by atoms with Gasteiger partial charge in [-0.2, -0.15) is 0 Å². The minimum atomic E-state index is -0.388. The number of aryl methyl sites for hydroxylation is 1. The molecule has 0 radical (unpaired) electrons. The summed E-state index contributed by atoms with van der Waals surface area (Å²) in [5.41, 5.74) is 1.76. The zero-order chi connectivity index (χ0) is 20.1. The first-order valence-electron chi connectivity index (χ1n) is 9.15. The molecular formula is C22H23N3O3. The normalized spacial score (nSPS) is 10.6. The number of hydrogen-bond acceptors (Lipinski definition) is 4. The number of amides is 1. The van der Waals surface area contributed by atoms with Crippen LogP contribution in [0.3, 0.4) is 0 Å². The summed E-state index contributed by atoms with van der Waals surface area (Å²) in [4.78, 5) is 32.0. The molecule has 0 saturated heterocycles. The average molecular weight is 377 g/mol. The van der Waals surface area contributed by atoms with Gasteiger partial charge >= 0.3 is 0 Å². The van der Waals surface area contributed by atoms with Gasteiger partial charge in [0.05, 0.1) is 6.61 Å². The predicted molar refractivity (Wildman–Crippen MR) is 109 cm³/mol. The lowest BCUT2D eigenvalue weighted by Gasteiger charge is -2.22. The second-order valence-electron chi connectivity index (χ2n) is 6.35. The maximum atomic E-state index is 13.2. The zero-order valence-electron chi connectivity index (χ0n) is 16.1. The molecule has 0 aliphatic heterocycles. The number of aromatic nitrogens is 2. The average Bonchev–Trinajstić information content (AvgIpc) is 2.69. The van der Waals surface area contributed by atoms with Crippen molar-refractivity contribution in [1.82, 2.24) is 14.3 Å². The number of carbonyl (C=O) groups excluding carboxylic acids is 1. The van der Waals surface area contributed by atoms with Gasteiger partial charge in [-0.1, -0.05) is 30.3 Å². The van der Waals surface area contributed by atoms with Gasteiger partial charge in [0.15, 0.2) is 0 Å². The van der Waals surface area contributed by atoms with E-state index in [1.807, 2.05) is 50.2 Å². The van der Waals surface area contributed by atoms with Crippen LogP contribution in [0.15, 0.2) is 66.1 Å². The standard InChI is InChI=1S/C22H23N3O3/c1-4-13-24(15-17-10-6-7-11-19(17)28-5-2)21(26)18-14-23-20-12-8-9-16(3)25(20)22(18)27/h4,6-12,14H,1,5,13,15H2,2-3H3. The fraction of sp³-hybridized carbons (Fsp3) is 0.227. The number of ether oxygens (including phenoxy) is 1. The lowest BCUT2D eigenvalue weighted by Crippen LogP contribution is -2.36. The Bertz CT molecular complexity index is 1070. The van der Waals surface area contributed by atoms with Crippen molar-refractivity contribution in [1.29, 1.82) is 0 Å². The van der Waals surface area contributed by atoms with Crippen LogP contribution in [0.2, 0.25) is 0 Å². The number of pyridine rings is 1. The highest BCUT2D eigenvalue weighted by Gasteiger charge is 2.21. The van der Waals surface area contributed by atoms with E-state index in [1.165, 1.54) is 10.6 Å². The second kappa shape index (κ2) is 8.52. The van der Waals surface area contributed by atoms with Crippen molar-refractivity contribution in [3.8, 4) is 5.75 Å². The molecule has 0 bridgehead atoms. The van der Waals surface area contributed by atoms with Crippen LogP contribution in [0.5, 0.6) is 5.75 Å². The lowest BCUT2D eigenvalue weighted by molar-refractivity contribution is 0.0759. The Morgan fingerprint density at radius 3 is 2.79 bits per heavy atom. The van der Waals surface area contributed by atoms with E-state index in [9.17, 15) is 9.59 Å². The Balaban J connectivity index is 2.00. The zero-order valence-corrected chi connectivity index (χ0v) is 16.1. The molecule has 0 unspecified atom stereocenters. The van der Waals surface area contributed by atoms with E-state index in [1.54, 1.807) is 17.0 Å². The summed E-state index contributed by atoms with van der Waals surface area (Å²) >= 11 is 0. The number of carbonyl (C=O) groups is 1. The van der Waals surface area contributed by atoms with Crippen LogP contribution in [-0.2, 0) is 6.54 Å². The molecule has 3 rings (SSSR count). The summed E-state index contributed by atoms with van der Waals surface area (Å²) in [5, 5.41) is 0. The number of nitrogens with zero attached hydrogens (tertiary/aromatic N) is 3. The highest BCUT2D eigenvalue weighted by molar-refractivity contribution is 5.94. The van der Waals surface area contributed by atoms with Gasteiger partial charge in [0, 0.05) is 30.5 Å². The first-order chi connectivity index (χ1) is 13.6. The minimum absolute atomic E-state index is 0.0301. The fourth-order valence-electron chi connectivity index (χ4n) is 3.10. The highest BCUT2D eigenvalue weighted by Crippen LogP contribution is 2.20. The quantitative estimate of drug-likeness (QED) is 0.593. The van der Waals surface area contributed by atoms with E-state index in [2.05, 4.69) is 11.6 Å². The van der Waals surface area contributed by atoms with E-state index < -0.39 is 0 Å².